The molecule has 146 valence electrons. The summed E-state index contributed by atoms with van der Waals surface area (Å²) in [6, 6.07) is 7.02. The highest BCUT2D eigenvalue weighted by molar-refractivity contribution is 5.81. The molecule has 0 unspecified atom stereocenters. The van der Waals surface area contributed by atoms with Gasteiger partial charge in [-0.05, 0) is 38.5 Å². The Bertz CT molecular complexity index is 876. The van der Waals surface area contributed by atoms with Gasteiger partial charge in [-0.15, -0.1) is 0 Å². The second kappa shape index (κ2) is 7.60. The van der Waals surface area contributed by atoms with Crippen LogP contribution in [0.2, 0.25) is 0 Å². The van der Waals surface area contributed by atoms with Crippen molar-refractivity contribution in [3.05, 3.63) is 40.2 Å². The third kappa shape index (κ3) is 4.80. The average molecular weight is 374 g/mol. The topological polar surface area (TPSA) is 72.2 Å². The molecule has 0 saturated carbocycles. The van der Waals surface area contributed by atoms with Crippen LogP contribution in [0.25, 0.3) is 11.0 Å². The smallest absolute Gasteiger partial charge is 0.410 e. The number of carbonyl (C=O) groups is 1. The first-order valence-electron chi connectivity index (χ1n) is 9.06. The normalized spacial score (nSPS) is 15.8. The first-order valence-corrected chi connectivity index (χ1v) is 9.06. The molecule has 0 radical (unpaired) electrons. The second-order valence-electron chi connectivity index (χ2n) is 7.70. The Hall–Kier alpha value is -2.54. The van der Waals surface area contributed by atoms with Gasteiger partial charge >= 0.3 is 11.7 Å². The predicted octanol–water partition coefficient (Wildman–Crippen LogP) is 2.85. The zero-order valence-corrected chi connectivity index (χ0v) is 16.3. The molecule has 0 N–H and O–H groups in total. The van der Waals surface area contributed by atoms with Crippen molar-refractivity contribution in [3.8, 4) is 5.75 Å². The monoisotopic (exact) mass is 374 g/mol. The Balaban J connectivity index is 1.69. The van der Waals surface area contributed by atoms with Crippen molar-refractivity contribution in [2.75, 3.05) is 33.3 Å². The summed E-state index contributed by atoms with van der Waals surface area (Å²) in [6.45, 7) is 8.85. The third-order valence-electron chi connectivity index (χ3n) is 4.46. The van der Waals surface area contributed by atoms with E-state index in [-0.39, 0.29) is 11.7 Å². The van der Waals surface area contributed by atoms with E-state index < -0.39 is 5.60 Å². The number of fused-ring (bicyclic) bond motifs is 1. The van der Waals surface area contributed by atoms with Crippen LogP contribution in [0.5, 0.6) is 5.75 Å². The molecule has 7 heteroatoms. The van der Waals surface area contributed by atoms with Crippen molar-refractivity contribution in [3.63, 3.8) is 0 Å². The number of benzene rings is 1. The molecule has 0 atom stereocenters. The molecular weight excluding hydrogens is 348 g/mol. The highest BCUT2D eigenvalue weighted by Gasteiger charge is 2.26. The molecule has 2 heterocycles. The number of ether oxygens (including phenoxy) is 2. The number of hydrogen-bond acceptors (Lipinski definition) is 6. The fourth-order valence-electron chi connectivity index (χ4n) is 3.12. The largest absolute Gasteiger partial charge is 0.497 e. The van der Waals surface area contributed by atoms with E-state index in [0.29, 0.717) is 31.0 Å². The molecule has 3 rings (SSSR count). The van der Waals surface area contributed by atoms with Gasteiger partial charge < -0.3 is 18.8 Å². The minimum atomic E-state index is -0.494. The molecule has 1 aliphatic heterocycles. The van der Waals surface area contributed by atoms with Crippen LogP contribution in [0.4, 0.5) is 4.79 Å². The summed E-state index contributed by atoms with van der Waals surface area (Å²) >= 11 is 0. The maximum absolute atomic E-state index is 12.2. The van der Waals surface area contributed by atoms with E-state index in [4.69, 9.17) is 13.9 Å². The Morgan fingerprint density at radius 1 is 1.15 bits per heavy atom. The van der Waals surface area contributed by atoms with Crippen LogP contribution in [0.15, 0.2) is 33.5 Å². The Labute approximate surface area is 158 Å². The van der Waals surface area contributed by atoms with E-state index in [9.17, 15) is 9.59 Å². The number of methoxy groups -OCH3 is 1. The highest BCUT2D eigenvalue weighted by Crippen LogP contribution is 2.24. The first kappa shape index (κ1) is 19.2. The van der Waals surface area contributed by atoms with Crippen LogP contribution in [-0.4, -0.2) is 54.8 Å². The molecule has 1 saturated heterocycles. The van der Waals surface area contributed by atoms with Gasteiger partial charge in [0.2, 0.25) is 0 Å². The van der Waals surface area contributed by atoms with Gasteiger partial charge in [0.25, 0.3) is 0 Å². The van der Waals surface area contributed by atoms with Gasteiger partial charge in [0.15, 0.2) is 0 Å². The maximum Gasteiger partial charge on any atom is 0.410 e. The van der Waals surface area contributed by atoms with E-state index in [2.05, 4.69) is 4.90 Å². The van der Waals surface area contributed by atoms with Gasteiger partial charge in [0.1, 0.15) is 16.9 Å². The van der Waals surface area contributed by atoms with Gasteiger partial charge in [-0.3, -0.25) is 4.90 Å². The number of piperazine rings is 1. The van der Waals surface area contributed by atoms with Crippen molar-refractivity contribution in [1.82, 2.24) is 9.80 Å². The zero-order chi connectivity index (χ0) is 19.6. The van der Waals surface area contributed by atoms with Crippen LogP contribution in [0.3, 0.4) is 0 Å². The number of amides is 1. The molecule has 1 amide bonds. The third-order valence-corrected chi connectivity index (χ3v) is 4.46. The Morgan fingerprint density at radius 2 is 1.85 bits per heavy atom. The lowest BCUT2D eigenvalue weighted by Gasteiger charge is -2.35. The Morgan fingerprint density at radius 3 is 2.48 bits per heavy atom. The van der Waals surface area contributed by atoms with E-state index in [1.807, 2.05) is 32.9 Å². The van der Waals surface area contributed by atoms with Crippen LogP contribution in [-0.2, 0) is 11.3 Å². The van der Waals surface area contributed by atoms with Crippen molar-refractivity contribution in [2.24, 2.45) is 0 Å². The molecule has 1 fully saturated rings. The van der Waals surface area contributed by atoms with E-state index in [1.165, 1.54) is 6.07 Å². The van der Waals surface area contributed by atoms with Gasteiger partial charge in [-0.25, -0.2) is 9.59 Å². The molecular formula is C20H26N2O5. The lowest BCUT2D eigenvalue weighted by atomic mass is 10.1. The van der Waals surface area contributed by atoms with Crippen LogP contribution < -0.4 is 10.4 Å². The van der Waals surface area contributed by atoms with Gasteiger partial charge in [-0.2, -0.15) is 0 Å². The summed E-state index contributed by atoms with van der Waals surface area (Å²) < 4.78 is 15.9. The second-order valence-corrected chi connectivity index (χ2v) is 7.70. The molecule has 0 bridgehead atoms. The van der Waals surface area contributed by atoms with Crippen molar-refractivity contribution < 1.29 is 18.7 Å². The Kier molecular flexibility index (Phi) is 5.41. The lowest BCUT2D eigenvalue weighted by molar-refractivity contribution is 0.0139. The standard InChI is InChI=1S/C20H26N2O5/c1-20(2,3)27-19(24)22-9-7-21(8-10-22)13-14-11-18(23)26-17-12-15(25-4)5-6-16(14)17/h5-6,11-12H,7-10,13H2,1-4H3. The van der Waals surface area contributed by atoms with E-state index in [1.54, 1.807) is 18.1 Å². The summed E-state index contributed by atoms with van der Waals surface area (Å²) in [5, 5.41) is 0.893. The van der Waals surface area contributed by atoms with E-state index in [0.717, 1.165) is 24.0 Å². The molecule has 1 aromatic carbocycles. The molecule has 1 aromatic heterocycles. The van der Waals surface area contributed by atoms with Gasteiger partial charge in [0, 0.05) is 50.2 Å². The number of carbonyl (C=O) groups excluding carboxylic acids is 1. The minimum Gasteiger partial charge on any atom is -0.497 e. The summed E-state index contributed by atoms with van der Waals surface area (Å²) in [5.41, 5.74) is 0.559. The summed E-state index contributed by atoms with van der Waals surface area (Å²) in [7, 11) is 1.58. The van der Waals surface area contributed by atoms with Crippen molar-refractivity contribution in [2.45, 2.75) is 32.9 Å². The van der Waals surface area contributed by atoms with Crippen LogP contribution >= 0.6 is 0 Å². The fraction of sp³-hybridized carbons (Fsp3) is 0.500. The number of hydrogen-bond donors (Lipinski definition) is 0. The molecule has 27 heavy (non-hydrogen) atoms. The molecule has 2 aromatic rings. The van der Waals surface area contributed by atoms with Crippen LogP contribution in [0.1, 0.15) is 26.3 Å². The number of nitrogens with zero attached hydrogens (tertiary/aromatic N) is 2. The maximum atomic E-state index is 12.2. The van der Waals surface area contributed by atoms with Gasteiger partial charge in [-0.1, -0.05) is 0 Å². The predicted molar refractivity (Wildman–Crippen MR) is 102 cm³/mol. The first-order chi connectivity index (χ1) is 12.7. The summed E-state index contributed by atoms with van der Waals surface area (Å²) in [4.78, 5) is 28.1. The number of rotatable bonds is 3. The fourth-order valence-corrected chi connectivity index (χ4v) is 3.12. The summed E-state index contributed by atoms with van der Waals surface area (Å²) in [5.74, 6) is 0.647. The average Bonchev–Trinajstić information content (AvgIpc) is 2.60. The van der Waals surface area contributed by atoms with Crippen LogP contribution in [0, 0.1) is 0 Å². The van der Waals surface area contributed by atoms with Crippen molar-refractivity contribution in [1.29, 1.82) is 0 Å². The zero-order valence-electron chi connectivity index (χ0n) is 16.3. The SMILES string of the molecule is COc1ccc2c(CN3CCN(C(=O)OC(C)(C)C)CC3)cc(=O)oc2c1. The highest BCUT2D eigenvalue weighted by atomic mass is 16.6. The van der Waals surface area contributed by atoms with Crippen molar-refractivity contribution >= 4 is 17.1 Å². The summed E-state index contributed by atoms with van der Waals surface area (Å²) in [6.07, 6.45) is -0.278. The molecule has 0 spiro atoms. The van der Waals surface area contributed by atoms with Gasteiger partial charge in [0.05, 0.1) is 7.11 Å². The minimum absolute atomic E-state index is 0.278. The molecule has 1 aliphatic rings. The molecule has 7 nitrogen and oxygen atoms in total. The van der Waals surface area contributed by atoms with E-state index >= 15 is 0 Å². The molecule has 0 aliphatic carbocycles. The quantitative estimate of drug-likeness (QED) is 0.770. The lowest BCUT2D eigenvalue weighted by Crippen LogP contribution is -2.49.